The smallest absolute Gasteiger partial charge is 0.272 e. The summed E-state index contributed by atoms with van der Waals surface area (Å²) in [6.45, 7) is 0.161. The molecular weight excluding hydrogens is 321 g/mol. The summed E-state index contributed by atoms with van der Waals surface area (Å²) in [5, 5.41) is 9.63. The number of rotatable bonds is 3. The van der Waals surface area contributed by atoms with Crippen molar-refractivity contribution in [2.75, 3.05) is 0 Å². The van der Waals surface area contributed by atoms with Crippen LogP contribution in [0.15, 0.2) is 47.3 Å². The largest absolute Gasteiger partial charge is 0.347 e. The molecule has 0 aliphatic carbocycles. The van der Waals surface area contributed by atoms with Gasteiger partial charge < -0.3 is 5.32 Å². The van der Waals surface area contributed by atoms with Crippen molar-refractivity contribution >= 4 is 28.3 Å². The molecule has 0 radical (unpaired) electrons. The van der Waals surface area contributed by atoms with Crippen LogP contribution in [-0.2, 0) is 6.54 Å². The predicted octanol–water partition coefficient (Wildman–Crippen LogP) is 2.65. The Bertz CT molecular complexity index is 955. The highest BCUT2D eigenvalue weighted by Crippen LogP contribution is 2.16. The number of hydrogen-bond donors (Lipinski definition) is 2. The van der Waals surface area contributed by atoms with E-state index in [1.165, 1.54) is 18.2 Å². The number of nitrogens with one attached hydrogen (secondary N) is 2. The number of aromatic nitrogens is 2. The van der Waals surface area contributed by atoms with Gasteiger partial charge in [-0.15, -0.1) is 0 Å². The van der Waals surface area contributed by atoms with Crippen LogP contribution in [0.1, 0.15) is 16.1 Å². The van der Waals surface area contributed by atoms with E-state index in [0.29, 0.717) is 16.3 Å². The summed E-state index contributed by atoms with van der Waals surface area (Å²) in [6.07, 6.45) is 0. The van der Waals surface area contributed by atoms with Crippen LogP contribution in [-0.4, -0.2) is 16.1 Å². The maximum absolute atomic E-state index is 13.1. The lowest BCUT2D eigenvalue weighted by atomic mass is 10.1. The Balaban J connectivity index is 1.85. The van der Waals surface area contributed by atoms with Crippen molar-refractivity contribution in [2.24, 2.45) is 0 Å². The van der Waals surface area contributed by atoms with Crippen LogP contribution in [0.2, 0.25) is 5.02 Å². The summed E-state index contributed by atoms with van der Waals surface area (Å²) in [4.78, 5) is 24.0. The predicted molar refractivity (Wildman–Crippen MR) is 84.9 cm³/mol. The topological polar surface area (TPSA) is 74.8 Å². The van der Waals surface area contributed by atoms with Gasteiger partial charge in [-0.05, 0) is 23.8 Å². The van der Waals surface area contributed by atoms with Crippen molar-refractivity contribution in [2.45, 2.75) is 6.54 Å². The van der Waals surface area contributed by atoms with Crippen molar-refractivity contribution in [3.63, 3.8) is 0 Å². The van der Waals surface area contributed by atoms with Crippen molar-refractivity contribution in [1.29, 1.82) is 0 Å². The van der Waals surface area contributed by atoms with Gasteiger partial charge in [-0.2, -0.15) is 5.10 Å². The molecule has 0 bridgehead atoms. The normalized spacial score (nSPS) is 10.7. The second-order valence-electron chi connectivity index (χ2n) is 4.88. The average molecular weight is 332 g/mol. The molecular formula is C16H11ClFN3O2. The Morgan fingerprint density at radius 3 is 2.70 bits per heavy atom. The molecule has 2 aromatic carbocycles. The third kappa shape index (κ3) is 3.07. The highest BCUT2D eigenvalue weighted by Gasteiger charge is 2.13. The summed E-state index contributed by atoms with van der Waals surface area (Å²) in [5.74, 6) is -0.965. The van der Waals surface area contributed by atoms with Gasteiger partial charge in [0.25, 0.3) is 11.5 Å². The van der Waals surface area contributed by atoms with Gasteiger partial charge in [-0.25, -0.2) is 9.49 Å². The summed E-state index contributed by atoms with van der Waals surface area (Å²) in [5.41, 5.74) is 0.411. The van der Waals surface area contributed by atoms with E-state index >= 15 is 0 Å². The van der Waals surface area contributed by atoms with E-state index in [1.54, 1.807) is 24.3 Å². The highest BCUT2D eigenvalue weighted by atomic mass is 35.5. The lowest BCUT2D eigenvalue weighted by Gasteiger charge is -2.07. The monoisotopic (exact) mass is 331 g/mol. The lowest BCUT2D eigenvalue weighted by Crippen LogP contribution is -2.26. The first-order valence-electron chi connectivity index (χ1n) is 6.76. The summed E-state index contributed by atoms with van der Waals surface area (Å²) in [6, 6.07) is 10.9. The fourth-order valence-electron chi connectivity index (χ4n) is 2.20. The molecule has 2 N–H and O–H groups in total. The Morgan fingerprint density at radius 2 is 1.96 bits per heavy atom. The lowest BCUT2D eigenvalue weighted by molar-refractivity contribution is 0.0946. The summed E-state index contributed by atoms with van der Waals surface area (Å²) in [7, 11) is 0. The molecule has 3 aromatic rings. The number of carbonyl (C=O) groups excluding carboxylic acids is 1. The van der Waals surface area contributed by atoms with Crippen LogP contribution in [0.25, 0.3) is 10.8 Å². The first-order chi connectivity index (χ1) is 11.1. The van der Waals surface area contributed by atoms with E-state index < -0.39 is 11.7 Å². The number of aromatic amines is 1. The zero-order valence-electron chi connectivity index (χ0n) is 11.8. The zero-order chi connectivity index (χ0) is 16.4. The molecule has 0 aliphatic rings. The molecule has 5 nitrogen and oxygen atoms in total. The number of amides is 1. The minimum atomic E-state index is -0.518. The van der Waals surface area contributed by atoms with Gasteiger partial charge in [0.05, 0.1) is 10.4 Å². The van der Waals surface area contributed by atoms with Crippen molar-refractivity contribution in [3.8, 4) is 0 Å². The van der Waals surface area contributed by atoms with E-state index in [1.807, 2.05) is 0 Å². The summed E-state index contributed by atoms with van der Waals surface area (Å²) < 4.78 is 13.1. The van der Waals surface area contributed by atoms with Crippen LogP contribution < -0.4 is 10.9 Å². The average Bonchev–Trinajstić information content (AvgIpc) is 2.56. The van der Waals surface area contributed by atoms with E-state index in [2.05, 4.69) is 15.5 Å². The minimum absolute atomic E-state index is 0.00985. The van der Waals surface area contributed by atoms with Crippen molar-refractivity contribution in [1.82, 2.24) is 15.5 Å². The van der Waals surface area contributed by atoms with Gasteiger partial charge in [-0.1, -0.05) is 35.9 Å². The van der Waals surface area contributed by atoms with Crippen LogP contribution in [0.5, 0.6) is 0 Å². The van der Waals surface area contributed by atoms with Crippen LogP contribution in [0.3, 0.4) is 0 Å². The molecule has 0 saturated carbocycles. The Hall–Kier alpha value is -2.73. The van der Waals surface area contributed by atoms with Gasteiger partial charge >= 0.3 is 0 Å². The third-order valence-electron chi connectivity index (χ3n) is 3.35. The number of carbonyl (C=O) groups is 1. The molecule has 0 atom stereocenters. The Labute approximate surface area is 135 Å². The van der Waals surface area contributed by atoms with E-state index in [4.69, 9.17) is 11.6 Å². The Kier molecular flexibility index (Phi) is 4.08. The molecule has 0 saturated heterocycles. The molecule has 1 aromatic heterocycles. The zero-order valence-corrected chi connectivity index (χ0v) is 12.5. The number of fused-ring (bicyclic) bond motifs is 1. The second-order valence-corrected chi connectivity index (χ2v) is 5.29. The number of H-pyrrole nitrogens is 1. The minimum Gasteiger partial charge on any atom is -0.347 e. The number of hydrogen-bond acceptors (Lipinski definition) is 3. The molecule has 7 heteroatoms. The standard InChI is InChI=1S/C16H11ClFN3O2/c17-12-7-9(5-6-13(12)18)8-19-16(23)14-10-3-1-2-4-11(10)15(22)21-20-14/h1-7H,8H2,(H,19,23)(H,21,22). The molecule has 0 spiro atoms. The van der Waals surface area contributed by atoms with Gasteiger partial charge in [-0.3, -0.25) is 9.59 Å². The Morgan fingerprint density at radius 1 is 1.22 bits per heavy atom. The molecule has 116 valence electrons. The van der Waals surface area contributed by atoms with E-state index in [-0.39, 0.29) is 22.8 Å². The molecule has 1 amide bonds. The first-order valence-corrected chi connectivity index (χ1v) is 7.13. The van der Waals surface area contributed by atoms with Gasteiger partial charge in [0.2, 0.25) is 0 Å². The first kappa shape index (κ1) is 15.2. The van der Waals surface area contributed by atoms with E-state index in [0.717, 1.165) is 0 Å². The third-order valence-corrected chi connectivity index (χ3v) is 3.64. The van der Waals surface area contributed by atoms with Crippen LogP contribution in [0, 0.1) is 5.82 Å². The fourth-order valence-corrected chi connectivity index (χ4v) is 2.41. The molecule has 1 heterocycles. The SMILES string of the molecule is O=C(NCc1ccc(F)c(Cl)c1)c1n[nH]c(=O)c2ccccc12. The van der Waals surface area contributed by atoms with Gasteiger partial charge in [0.15, 0.2) is 5.69 Å². The number of nitrogens with zero attached hydrogens (tertiary/aromatic N) is 1. The van der Waals surface area contributed by atoms with Crippen LogP contribution in [0.4, 0.5) is 4.39 Å². The molecule has 0 aliphatic heterocycles. The highest BCUT2D eigenvalue weighted by molar-refractivity contribution is 6.30. The maximum Gasteiger partial charge on any atom is 0.272 e. The fraction of sp³-hybridized carbons (Fsp3) is 0.0625. The summed E-state index contributed by atoms with van der Waals surface area (Å²) >= 11 is 5.70. The molecule has 23 heavy (non-hydrogen) atoms. The second kappa shape index (κ2) is 6.18. The van der Waals surface area contributed by atoms with Crippen molar-refractivity contribution in [3.05, 3.63) is 74.9 Å². The number of halogens is 2. The van der Waals surface area contributed by atoms with Crippen molar-refractivity contribution < 1.29 is 9.18 Å². The van der Waals surface area contributed by atoms with E-state index in [9.17, 15) is 14.0 Å². The van der Waals surface area contributed by atoms with Crippen LogP contribution >= 0.6 is 11.6 Å². The van der Waals surface area contributed by atoms with Gasteiger partial charge in [0.1, 0.15) is 5.82 Å². The molecule has 0 unspecified atom stereocenters. The maximum atomic E-state index is 13.1. The quantitative estimate of drug-likeness (QED) is 0.774. The van der Waals surface area contributed by atoms with Gasteiger partial charge in [0, 0.05) is 11.9 Å². The molecule has 3 rings (SSSR count). The number of benzene rings is 2. The molecule has 0 fully saturated rings.